The summed E-state index contributed by atoms with van der Waals surface area (Å²) >= 11 is 1.02. The SMILES string of the molecule is C=C[C@@H](C)N.CC.COc1ccc(-c2nc(C(=O)NC/C=C/SC(=N)N)co2)c2ccc(C(C)(F)F)nc12. The highest BCUT2D eigenvalue weighted by molar-refractivity contribution is 8.16. The molecule has 1 aromatic carbocycles. The Bertz CT molecular complexity index is 1260. The van der Waals surface area contributed by atoms with Gasteiger partial charge in [0.25, 0.3) is 11.8 Å². The number of nitrogens with zero attached hydrogens (tertiary/aromatic N) is 2. The highest BCUT2D eigenvalue weighted by Crippen LogP contribution is 2.35. The van der Waals surface area contributed by atoms with Crippen molar-refractivity contribution in [2.24, 2.45) is 11.5 Å². The van der Waals surface area contributed by atoms with E-state index in [1.807, 2.05) is 20.8 Å². The van der Waals surface area contributed by atoms with Crippen molar-refractivity contribution in [3.8, 4) is 17.2 Å². The van der Waals surface area contributed by atoms with Crippen LogP contribution in [0.4, 0.5) is 8.78 Å². The second kappa shape index (κ2) is 15.5. The zero-order valence-corrected chi connectivity index (χ0v) is 22.9. The number of benzene rings is 1. The molecule has 6 N–H and O–H groups in total. The van der Waals surface area contributed by atoms with E-state index in [9.17, 15) is 13.6 Å². The summed E-state index contributed by atoms with van der Waals surface area (Å²) in [5, 5.41) is 11.7. The van der Waals surface area contributed by atoms with Crippen molar-refractivity contribution in [2.75, 3.05) is 13.7 Å². The molecule has 12 heteroatoms. The summed E-state index contributed by atoms with van der Waals surface area (Å²) in [6.45, 7) is 10.3. The van der Waals surface area contributed by atoms with Crippen LogP contribution in [-0.4, -0.2) is 40.7 Å². The number of pyridine rings is 1. The van der Waals surface area contributed by atoms with E-state index in [2.05, 4.69) is 21.9 Å². The molecule has 0 radical (unpaired) electrons. The Morgan fingerprint density at radius 2 is 1.97 bits per heavy atom. The van der Waals surface area contributed by atoms with Gasteiger partial charge >= 0.3 is 0 Å². The number of carbonyl (C=O) groups is 1. The number of nitrogens with two attached hydrogens (primary N) is 2. The Kier molecular flexibility index (Phi) is 13.1. The van der Waals surface area contributed by atoms with Crippen LogP contribution in [0.25, 0.3) is 22.4 Å². The van der Waals surface area contributed by atoms with Crippen molar-refractivity contribution in [1.29, 1.82) is 5.41 Å². The molecule has 1 amide bonds. The molecule has 0 bridgehead atoms. The first-order valence-corrected chi connectivity index (χ1v) is 12.5. The minimum atomic E-state index is -3.11. The predicted molar refractivity (Wildman–Crippen MR) is 150 cm³/mol. The predicted octanol–water partition coefficient (Wildman–Crippen LogP) is 5.43. The molecule has 3 rings (SSSR count). The zero-order chi connectivity index (χ0) is 28.9. The van der Waals surface area contributed by atoms with Crippen molar-refractivity contribution in [3.05, 3.63) is 66.1 Å². The molecule has 0 fully saturated rings. The normalized spacial score (nSPS) is 11.6. The number of rotatable bonds is 8. The molecule has 38 heavy (non-hydrogen) atoms. The molecule has 0 saturated carbocycles. The number of hydrogen-bond donors (Lipinski definition) is 4. The lowest BCUT2D eigenvalue weighted by Crippen LogP contribution is -2.23. The Balaban J connectivity index is 0.000000924. The fourth-order valence-corrected chi connectivity index (χ4v) is 3.04. The maximum atomic E-state index is 13.7. The Morgan fingerprint density at radius 1 is 1.32 bits per heavy atom. The second-order valence-electron chi connectivity index (χ2n) is 7.49. The number of thioether (sulfide) groups is 1. The van der Waals surface area contributed by atoms with Gasteiger partial charge in [-0.2, -0.15) is 8.78 Å². The summed E-state index contributed by atoms with van der Waals surface area (Å²) in [4.78, 5) is 20.5. The summed E-state index contributed by atoms with van der Waals surface area (Å²) < 4.78 is 38.2. The van der Waals surface area contributed by atoms with Crippen LogP contribution in [0.1, 0.15) is 43.9 Å². The molecule has 9 nitrogen and oxygen atoms in total. The molecule has 0 aliphatic rings. The molecule has 0 aliphatic heterocycles. The lowest BCUT2D eigenvalue weighted by molar-refractivity contribution is 0.0131. The van der Waals surface area contributed by atoms with E-state index >= 15 is 0 Å². The van der Waals surface area contributed by atoms with Crippen molar-refractivity contribution in [3.63, 3.8) is 0 Å². The highest BCUT2D eigenvalue weighted by atomic mass is 32.2. The van der Waals surface area contributed by atoms with Gasteiger partial charge in [0.05, 0.1) is 7.11 Å². The minimum Gasteiger partial charge on any atom is -0.494 e. The molecular formula is C26H34F2N6O3S. The standard InChI is InChI=1S/C20H19F2N5O3S.C4H9N.C2H6/c1-20(21,22)15-7-5-11-12(4-6-14(29-2)16(11)27-15)18-26-13(10-30-18)17(28)25-8-3-9-31-19(23)24;1-3-4(2)5;1-2/h3-7,9-10H,8H2,1-2H3,(H3,23,24)(H,25,28);3-4H,1,5H2,2H3;1-2H3/b9-3+;;/t;4-;/m.1./s1. The summed E-state index contributed by atoms with van der Waals surface area (Å²) in [5.74, 6) is -3.11. The lowest BCUT2D eigenvalue weighted by atomic mass is 10.1. The minimum absolute atomic E-state index is 0.0521. The second-order valence-corrected chi connectivity index (χ2v) is 8.44. The first kappa shape index (κ1) is 32.3. The molecule has 0 spiro atoms. The molecule has 2 aromatic heterocycles. The maximum Gasteiger partial charge on any atom is 0.286 e. The van der Waals surface area contributed by atoms with Gasteiger partial charge in [0.1, 0.15) is 23.2 Å². The van der Waals surface area contributed by atoms with Crippen molar-refractivity contribution in [2.45, 2.75) is 39.7 Å². The largest absolute Gasteiger partial charge is 0.494 e. The van der Waals surface area contributed by atoms with Gasteiger partial charge in [-0.1, -0.05) is 37.8 Å². The van der Waals surface area contributed by atoms with Crippen LogP contribution in [0, 0.1) is 5.41 Å². The van der Waals surface area contributed by atoms with Gasteiger partial charge in [0.15, 0.2) is 10.9 Å². The fraction of sp³-hybridized carbons (Fsp3) is 0.308. The van der Waals surface area contributed by atoms with E-state index < -0.39 is 11.8 Å². The number of carbonyl (C=O) groups excluding carboxylic acids is 1. The number of amides is 1. The van der Waals surface area contributed by atoms with Gasteiger partial charge in [-0.15, -0.1) is 6.58 Å². The third kappa shape index (κ3) is 9.60. The number of fused-ring (bicyclic) bond motifs is 1. The van der Waals surface area contributed by atoms with Gasteiger partial charge < -0.3 is 25.9 Å². The monoisotopic (exact) mass is 548 g/mol. The van der Waals surface area contributed by atoms with Crippen LogP contribution < -0.4 is 21.5 Å². The summed E-state index contributed by atoms with van der Waals surface area (Å²) in [7, 11) is 1.42. The van der Waals surface area contributed by atoms with Gasteiger partial charge in [0, 0.05) is 30.5 Å². The fourth-order valence-electron chi connectivity index (χ4n) is 2.70. The van der Waals surface area contributed by atoms with E-state index in [1.54, 1.807) is 29.7 Å². The third-order valence-corrected chi connectivity index (χ3v) is 5.08. The van der Waals surface area contributed by atoms with Crippen LogP contribution in [0.5, 0.6) is 5.75 Å². The van der Waals surface area contributed by atoms with E-state index in [1.165, 1.54) is 25.5 Å². The third-order valence-electron chi connectivity index (χ3n) is 4.50. The van der Waals surface area contributed by atoms with Crippen LogP contribution in [-0.2, 0) is 5.92 Å². The van der Waals surface area contributed by atoms with Gasteiger partial charge in [-0.3, -0.25) is 10.2 Å². The smallest absolute Gasteiger partial charge is 0.286 e. The lowest BCUT2D eigenvalue weighted by Gasteiger charge is -2.13. The number of ether oxygens (including phenoxy) is 1. The van der Waals surface area contributed by atoms with Gasteiger partial charge in [0.2, 0.25) is 5.89 Å². The number of aromatic nitrogens is 2. The Morgan fingerprint density at radius 3 is 2.53 bits per heavy atom. The summed E-state index contributed by atoms with van der Waals surface area (Å²) in [6.07, 6.45) is 4.53. The van der Waals surface area contributed by atoms with Crippen LogP contribution in [0.15, 0.2) is 59.1 Å². The number of halogens is 2. The molecule has 1 atom stereocenters. The van der Waals surface area contributed by atoms with Crippen LogP contribution in [0.3, 0.4) is 0 Å². The van der Waals surface area contributed by atoms with Gasteiger partial charge in [-0.05, 0) is 36.6 Å². The van der Waals surface area contributed by atoms with E-state index in [0.29, 0.717) is 16.7 Å². The van der Waals surface area contributed by atoms with Crippen molar-refractivity contribution >= 4 is 33.7 Å². The molecule has 0 unspecified atom stereocenters. The maximum absolute atomic E-state index is 13.7. The molecule has 0 saturated heterocycles. The zero-order valence-electron chi connectivity index (χ0n) is 22.0. The first-order chi connectivity index (χ1) is 18.0. The summed E-state index contributed by atoms with van der Waals surface area (Å²) in [6, 6.07) is 6.10. The molecule has 3 aromatic rings. The van der Waals surface area contributed by atoms with Crippen molar-refractivity contribution in [1.82, 2.24) is 15.3 Å². The Labute approximate surface area is 225 Å². The molecule has 0 aliphatic carbocycles. The Hall–Kier alpha value is -3.77. The number of nitrogens with one attached hydrogen (secondary N) is 2. The number of amidine groups is 1. The molecule has 206 valence electrons. The molecular weight excluding hydrogens is 514 g/mol. The van der Waals surface area contributed by atoms with E-state index in [-0.39, 0.29) is 40.5 Å². The first-order valence-electron chi connectivity index (χ1n) is 11.6. The van der Waals surface area contributed by atoms with Crippen molar-refractivity contribution < 1.29 is 22.7 Å². The van der Waals surface area contributed by atoms with E-state index in [4.69, 9.17) is 26.0 Å². The highest BCUT2D eigenvalue weighted by Gasteiger charge is 2.27. The van der Waals surface area contributed by atoms with Gasteiger partial charge in [-0.25, -0.2) is 9.97 Å². The van der Waals surface area contributed by atoms with Crippen LogP contribution in [0.2, 0.25) is 0 Å². The summed E-state index contributed by atoms with van der Waals surface area (Å²) in [5.41, 5.74) is 10.8. The number of alkyl halides is 2. The topological polar surface area (TPSA) is 153 Å². The van der Waals surface area contributed by atoms with Crippen LogP contribution >= 0.6 is 11.8 Å². The molecule has 2 heterocycles. The number of methoxy groups -OCH3 is 1. The average Bonchev–Trinajstić information content (AvgIpc) is 3.38. The number of oxazole rings is 1. The quantitative estimate of drug-likeness (QED) is 0.165. The average molecular weight is 549 g/mol. The number of hydrogen-bond acceptors (Lipinski definition) is 8. The van der Waals surface area contributed by atoms with E-state index in [0.717, 1.165) is 18.7 Å².